The molecule has 0 saturated carbocycles. The van der Waals surface area contributed by atoms with Gasteiger partial charge in [0.2, 0.25) is 5.78 Å². The van der Waals surface area contributed by atoms with Gasteiger partial charge in [-0.2, -0.15) is 0 Å². The van der Waals surface area contributed by atoms with E-state index in [1.165, 1.54) is 0 Å². The summed E-state index contributed by atoms with van der Waals surface area (Å²) in [6.07, 6.45) is 1.63. The van der Waals surface area contributed by atoms with Gasteiger partial charge in [-0.25, -0.2) is 0 Å². The molecule has 1 aromatic rings. The Bertz CT molecular complexity index is 663. The molecule has 0 atom stereocenters. The molecule has 2 N–H and O–H groups in total. The van der Waals surface area contributed by atoms with Crippen LogP contribution in [0.2, 0.25) is 0 Å². The Morgan fingerprint density at radius 3 is 2.16 bits per heavy atom. The highest BCUT2D eigenvalue weighted by atomic mass is 16.1. The van der Waals surface area contributed by atoms with Gasteiger partial charge in [-0.1, -0.05) is 36.4 Å². The molecule has 96 valence electrons. The van der Waals surface area contributed by atoms with Crippen LogP contribution in [0.1, 0.15) is 34.6 Å². The molecule has 0 saturated heterocycles. The molecule has 19 heavy (non-hydrogen) atoms. The normalized spacial score (nSPS) is 15.6. The summed E-state index contributed by atoms with van der Waals surface area (Å²) in [7, 11) is 0. The minimum atomic E-state index is -0.295. The number of fused-ring (bicyclic) bond motifs is 1. The number of allylic oxidation sites excluding steroid dienone is 5. The first kappa shape index (κ1) is 13.0. The quantitative estimate of drug-likeness (QED) is 0.824. The first-order valence-electron chi connectivity index (χ1n) is 5.96. The molecule has 0 spiro atoms. The Kier molecular flexibility index (Phi) is 3.21. The number of Topliss-reactive ketones (excluding diaryl/α,β-unsaturated/α-hetero) is 2. The van der Waals surface area contributed by atoms with Gasteiger partial charge in [-0.3, -0.25) is 9.59 Å². The molecule has 0 radical (unpaired) electrons. The van der Waals surface area contributed by atoms with E-state index in [1.807, 2.05) is 13.8 Å². The molecule has 1 aromatic carbocycles. The predicted octanol–water partition coefficient (Wildman–Crippen LogP) is 2.80. The summed E-state index contributed by atoms with van der Waals surface area (Å²) in [5, 5.41) is 0. The number of ketones is 2. The zero-order valence-electron chi connectivity index (χ0n) is 11.0. The lowest BCUT2D eigenvalue weighted by molar-refractivity contribution is 0.0976. The smallest absolute Gasteiger partial charge is 0.210 e. The van der Waals surface area contributed by atoms with E-state index in [9.17, 15) is 9.59 Å². The molecule has 3 heteroatoms. The lowest BCUT2D eigenvalue weighted by Crippen LogP contribution is -2.25. The van der Waals surface area contributed by atoms with E-state index in [0.29, 0.717) is 11.1 Å². The maximum absolute atomic E-state index is 12.4. The van der Waals surface area contributed by atoms with Gasteiger partial charge >= 0.3 is 0 Å². The monoisotopic (exact) mass is 253 g/mol. The minimum Gasteiger partial charge on any atom is -0.395 e. The number of carbonyl (C=O) groups is 2. The van der Waals surface area contributed by atoms with Crippen LogP contribution in [0.3, 0.4) is 0 Å². The topological polar surface area (TPSA) is 60.2 Å². The van der Waals surface area contributed by atoms with Crippen LogP contribution in [0, 0.1) is 0 Å². The van der Waals surface area contributed by atoms with Crippen LogP contribution in [-0.2, 0) is 0 Å². The SMILES string of the molecule is C=C(C)/C(C)=C\C1=C(N)C(=O)c2ccccc2C1=O. The standard InChI is InChI=1S/C16H15NO2/c1-9(2)10(3)8-13-14(17)16(19)12-7-5-4-6-11(12)15(13)18/h4-8H,1,17H2,2-3H3/b10-8-. The van der Waals surface area contributed by atoms with Crippen molar-refractivity contribution in [2.24, 2.45) is 5.73 Å². The summed E-state index contributed by atoms with van der Waals surface area (Å²) in [5.74, 6) is -0.510. The molecule has 3 nitrogen and oxygen atoms in total. The van der Waals surface area contributed by atoms with Crippen molar-refractivity contribution in [3.8, 4) is 0 Å². The largest absolute Gasteiger partial charge is 0.395 e. The third-order valence-electron chi connectivity index (χ3n) is 3.23. The number of nitrogens with two attached hydrogens (primary N) is 1. The van der Waals surface area contributed by atoms with Crippen LogP contribution in [0.25, 0.3) is 0 Å². The molecule has 0 aromatic heterocycles. The Morgan fingerprint density at radius 1 is 1.11 bits per heavy atom. The second-order valence-corrected chi connectivity index (χ2v) is 4.64. The van der Waals surface area contributed by atoms with Gasteiger partial charge in [-0.15, -0.1) is 0 Å². The van der Waals surface area contributed by atoms with Crippen molar-refractivity contribution < 1.29 is 9.59 Å². The third kappa shape index (κ3) is 2.15. The molecule has 0 unspecified atom stereocenters. The number of rotatable bonds is 2. The van der Waals surface area contributed by atoms with Crippen molar-refractivity contribution in [2.75, 3.05) is 0 Å². The van der Waals surface area contributed by atoms with E-state index < -0.39 is 0 Å². The fraction of sp³-hybridized carbons (Fsp3) is 0.125. The minimum absolute atomic E-state index is 0.00398. The maximum atomic E-state index is 12.4. The Morgan fingerprint density at radius 2 is 1.63 bits per heavy atom. The van der Waals surface area contributed by atoms with Crippen molar-refractivity contribution in [2.45, 2.75) is 13.8 Å². The van der Waals surface area contributed by atoms with Gasteiger partial charge in [0.05, 0.1) is 5.70 Å². The lowest BCUT2D eigenvalue weighted by Gasteiger charge is -2.17. The van der Waals surface area contributed by atoms with E-state index in [2.05, 4.69) is 6.58 Å². The fourth-order valence-corrected chi connectivity index (χ4v) is 1.90. The number of hydrogen-bond acceptors (Lipinski definition) is 3. The molecule has 0 heterocycles. The predicted molar refractivity (Wildman–Crippen MR) is 74.9 cm³/mol. The van der Waals surface area contributed by atoms with Crippen LogP contribution in [-0.4, -0.2) is 11.6 Å². The summed E-state index contributed by atoms with van der Waals surface area (Å²) in [4.78, 5) is 24.5. The van der Waals surface area contributed by atoms with Gasteiger partial charge in [0.1, 0.15) is 0 Å². The van der Waals surface area contributed by atoms with Crippen LogP contribution in [0.15, 0.2) is 59.3 Å². The fourth-order valence-electron chi connectivity index (χ4n) is 1.90. The lowest BCUT2D eigenvalue weighted by atomic mass is 9.86. The molecular weight excluding hydrogens is 238 g/mol. The third-order valence-corrected chi connectivity index (χ3v) is 3.23. The second kappa shape index (κ2) is 4.69. The number of hydrogen-bond donors (Lipinski definition) is 1. The van der Waals surface area contributed by atoms with Gasteiger partial charge in [0.25, 0.3) is 0 Å². The summed E-state index contributed by atoms with van der Waals surface area (Å²) < 4.78 is 0. The van der Waals surface area contributed by atoms with Gasteiger partial charge in [0, 0.05) is 16.7 Å². The Hall–Kier alpha value is -2.42. The van der Waals surface area contributed by atoms with Gasteiger partial charge in [0.15, 0.2) is 5.78 Å². The maximum Gasteiger partial charge on any atom is 0.210 e. The molecular formula is C16H15NO2. The van der Waals surface area contributed by atoms with Crippen LogP contribution in [0.4, 0.5) is 0 Å². The highest BCUT2D eigenvalue weighted by Gasteiger charge is 2.29. The zero-order valence-corrected chi connectivity index (χ0v) is 11.0. The Labute approximate surface area is 112 Å². The number of benzene rings is 1. The van der Waals surface area contributed by atoms with E-state index in [4.69, 9.17) is 5.73 Å². The van der Waals surface area contributed by atoms with E-state index in [-0.39, 0.29) is 22.8 Å². The molecule has 1 aliphatic carbocycles. The van der Waals surface area contributed by atoms with E-state index in [0.717, 1.165) is 11.1 Å². The molecule has 0 fully saturated rings. The average Bonchev–Trinajstić information content (AvgIpc) is 2.40. The van der Waals surface area contributed by atoms with Crippen molar-refractivity contribution in [1.82, 2.24) is 0 Å². The summed E-state index contributed by atoms with van der Waals surface area (Å²) in [6.45, 7) is 7.48. The molecule has 1 aliphatic rings. The highest BCUT2D eigenvalue weighted by molar-refractivity contribution is 6.27. The van der Waals surface area contributed by atoms with Crippen molar-refractivity contribution in [1.29, 1.82) is 0 Å². The number of carbonyl (C=O) groups excluding carboxylic acids is 2. The van der Waals surface area contributed by atoms with Crippen LogP contribution >= 0.6 is 0 Å². The van der Waals surface area contributed by atoms with Gasteiger partial charge < -0.3 is 5.73 Å². The van der Waals surface area contributed by atoms with Crippen molar-refractivity contribution in [3.63, 3.8) is 0 Å². The zero-order chi connectivity index (χ0) is 14.2. The van der Waals surface area contributed by atoms with Crippen molar-refractivity contribution in [3.05, 3.63) is 70.5 Å². The van der Waals surface area contributed by atoms with Crippen molar-refractivity contribution >= 4 is 11.6 Å². The van der Waals surface area contributed by atoms with Gasteiger partial charge in [-0.05, 0) is 25.5 Å². The van der Waals surface area contributed by atoms with E-state index >= 15 is 0 Å². The summed E-state index contributed by atoms with van der Waals surface area (Å²) in [6, 6.07) is 6.72. The summed E-state index contributed by atoms with van der Waals surface area (Å²) >= 11 is 0. The molecule has 0 bridgehead atoms. The van der Waals surface area contributed by atoms with E-state index in [1.54, 1.807) is 30.3 Å². The van der Waals surface area contributed by atoms with Crippen LogP contribution in [0.5, 0.6) is 0 Å². The Balaban J connectivity index is 2.61. The molecule has 0 aliphatic heterocycles. The molecule has 2 rings (SSSR count). The summed E-state index contributed by atoms with van der Waals surface area (Å²) in [5.41, 5.74) is 8.51. The average molecular weight is 253 g/mol. The van der Waals surface area contributed by atoms with Crippen LogP contribution < -0.4 is 5.73 Å². The first-order chi connectivity index (χ1) is 8.93. The first-order valence-corrected chi connectivity index (χ1v) is 5.96. The molecule has 0 amide bonds. The second-order valence-electron chi connectivity index (χ2n) is 4.64. The highest BCUT2D eigenvalue weighted by Crippen LogP contribution is 2.26.